The highest BCUT2D eigenvalue weighted by Gasteiger charge is 2.47. The summed E-state index contributed by atoms with van der Waals surface area (Å²) in [5.74, 6) is 0.422. The van der Waals surface area contributed by atoms with E-state index >= 15 is 0 Å². The molecule has 3 heterocycles. The molecule has 3 saturated heterocycles. The highest BCUT2D eigenvalue weighted by molar-refractivity contribution is 8.93. The molecule has 0 radical (unpaired) electrons. The molecule has 0 atom stereocenters. The SMILES string of the molecule is Br.O=C1CN2CCC1(c1ccccc1)CC2. The fraction of sp³-hybridized carbons (Fsp3) is 0.462. The fourth-order valence-corrected chi connectivity index (χ4v) is 2.93. The van der Waals surface area contributed by atoms with Crippen molar-refractivity contribution >= 4 is 22.8 Å². The second-order valence-electron chi connectivity index (χ2n) is 4.65. The topological polar surface area (TPSA) is 20.3 Å². The third kappa shape index (κ3) is 1.62. The molecule has 0 saturated carbocycles. The number of Topliss-reactive ketones (excluding diaryl/α,β-unsaturated/α-hetero) is 1. The third-order valence-corrected chi connectivity index (χ3v) is 3.94. The van der Waals surface area contributed by atoms with Gasteiger partial charge in [0.25, 0.3) is 0 Å². The molecule has 3 aliphatic heterocycles. The first-order valence-electron chi connectivity index (χ1n) is 5.62. The van der Waals surface area contributed by atoms with Gasteiger partial charge in [0.2, 0.25) is 0 Å². The van der Waals surface area contributed by atoms with Gasteiger partial charge in [-0.1, -0.05) is 30.3 Å². The first kappa shape index (κ1) is 11.8. The molecule has 2 nitrogen and oxygen atoms in total. The van der Waals surface area contributed by atoms with E-state index in [4.69, 9.17) is 0 Å². The normalized spacial score (nSPS) is 32.2. The zero-order valence-electron chi connectivity index (χ0n) is 9.19. The van der Waals surface area contributed by atoms with Crippen LogP contribution in [-0.2, 0) is 10.2 Å². The van der Waals surface area contributed by atoms with Crippen LogP contribution in [0.3, 0.4) is 0 Å². The zero-order valence-corrected chi connectivity index (χ0v) is 10.9. The first-order valence-corrected chi connectivity index (χ1v) is 5.62. The van der Waals surface area contributed by atoms with Crippen molar-refractivity contribution in [3.63, 3.8) is 0 Å². The Kier molecular flexibility index (Phi) is 3.17. The van der Waals surface area contributed by atoms with Gasteiger partial charge in [0.05, 0.1) is 12.0 Å². The monoisotopic (exact) mass is 281 g/mol. The summed E-state index contributed by atoms with van der Waals surface area (Å²) < 4.78 is 0. The van der Waals surface area contributed by atoms with Gasteiger partial charge < -0.3 is 0 Å². The number of carbonyl (C=O) groups excluding carboxylic acids is 1. The number of hydrogen-bond acceptors (Lipinski definition) is 2. The zero-order chi connectivity index (χ0) is 10.3. The van der Waals surface area contributed by atoms with Crippen LogP contribution in [0.15, 0.2) is 30.3 Å². The molecule has 0 spiro atoms. The number of benzene rings is 1. The molecule has 16 heavy (non-hydrogen) atoms. The molecule has 86 valence electrons. The van der Waals surface area contributed by atoms with E-state index in [9.17, 15) is 4.79 Å². The molecule has 0 aromatic heterocycles. The van der Waals surface area contributed by atoms with Crippen LogP contribution in [0.5, 0.6) is 0 Å². The first-order chi connectivity index (χ1) is 7.31. The number of halogens is 1. The Morgan fingerprint density at radius 1 is 1.06 bits per heavy atom. The molecular weight excluding hydrogens is 266 g/mol. The number of hydrogen-bond donors (Lipinski definition) is 0. The molecule has 1 aromatic rings. The summed E-state index contributed by atoms with van der Waals surface area (Å²) in [6.07, 6.45) is 2.02. The molecule has 1 aromatic carbocycles. The van der Waals surface area contributed by atoms with E-state index in [-0.39, 0.29) is 22.4 Å². The minimum atomic E-state index is -0.143. The summed E-state index contributed by atoms with van der Waals surface area (Å²) in [7, 11) is 0. The van der Waals surface area contributed by atoms with Gasteiger partial charge in [-0.15, -0.1) is 17.0 Å². The molecule has 3 heteroatoms. The van der Waals surface area contributed by atoms with Gasteiger partial charge in [0.1, 0.15) is 0 Å². The number of rotatable bonds is 1. The Hall–Kier alpha value is -0.670. The molecule has 0 N–H and O–H groups in total. The average molecular weight is 282 g/mol. The van der Waals surface area contributed by atoms with Crippen LogP contribution in [0.1, 0.15) is 18.4 Å². The van der Waals surface area contributed by atoms with Gasteiger partial charge >= 0.3 is 0 Å². The predicted octanol–water partition coefficient (Wildman–Crippen LogP) is 2.18. The highest BCUT2D eigenvalue weighted by atomic mass is 79.9. The lowest BCUT2D eigenvalue weighted by Crippen LogP contribution is -2.57. The van der Waals surface area contributed by atoms with Crippen LogP contribution in [0.25, 0.3) is 0 Å². The maximum atomic E-state index is 12.1. The molecular formula is C13H16BrNO. The molecule has 4 rings (SSSR count). The van der Waals surface area contributed by atoms with Crippen molar-refractivity contribution < 1.29 is 4.79 Å². The molecule has 0 amide bonds. The maximum absolute atomic E-state index is 12.1. The van der Waals surface area contributed by atoms with Gasteiger partial charge in [-0.25, -0.2) is 0 Å². The summed E-state index contributed by atoms with van der Waals surface area (Å²) in [5, 5.41) is 0. The Labute approximate surface area is 106 Å². The van der Waals surface area contributed by atoms with E-state index in [1.807, 2.05) is 18.2 Å². The van der Waals surface area contributed by atoms with Crippen LogP contribution >= 0.6 is 17.0 Å². The second kappa shape index (κ2) is 4.30. The van der Waals surface area contributed by atoms with Gasteiger partial charge in [-0.05, 0) is 31.5 Å². The molecule has 2 bridgehead atoms. The van der Waals surface area contributed by atoms with E-state index in [0.717, 1.165) is 25.9 Å². The summed E-state index contributed by atoms with van der Waals surface area (Å²) in [6.45, 7) is 2.83. The summed E-state index contributed by atoms with van der Waals surface area (Å²) >= 11 is 0. The van der Waals surface area contributed by atoms with Crippen LogP contribution in [-0.4, -0.2) is 30.3 Å². The maximum Gasteiger partial charge on any atom is 0.157 e. The number of fused-ring (bicyclic) bond motifs is 3. The lowest BCUT2D eigenvalue weighted by Gasteiger charge is -2.47. The lowest BCUT2D eigenvalue weighted by atomic mass is 9.67. The summed E-state index contributed by atoms with van der Waals surface area (Å²) in [5.41, 5.74) is 1.09. The Bertz CT molecular complexity index is 382. The molecule has 3 fully saturated rings. The number of ketones is 1. The van der Waals surface area contributed by atoms with Crippen molar-refractivity contribution in [3.05, 3.63) is 35.9 Å². The van der Waals surface area contributed by atoms with Crippen molar-refractivity contribution in [1.29, 1.82) is 0 Å². The standard InChI is InChI=1S/C13H15NO.BrH/c15-12-10-14-8-6-13(12,7-9-14)11-4-2-1-3-5-11;/h1-5H,6-10H2;1H. The average Bonchev–Trinajstić information content (AvgIpc) is 2.32. The van der Waals surface area contributed by atoms with Crippen molar-refractivity contribution in [1.82, 2.24) is 4.90 Å². The van der Waals surface area contributed by atoms with Crippen molar-refractivity contribution in [2.75, 3.05) is 19.6 Å². The van der Waals surface area contributed by atoms with E-state index in [1.165, 1.54) is 5.56 Å². The molecule has 0 unspecified atom stereocenters. The van der Waals surface area contributed by atoms with Gasteiger partial charge in [0.15, 0.2) is 5.78 Å². The van der Waals surface area contributed by atoms with Crippen molar-refractivity contribution in [3.8, 4) is 0 Å². The van der Waals surface area contributed by atoms with Crippen LogP contribution in [0.2, 0.25) is 0 Å². The number of carbonyl (C=O) groups is 1. The summed E-state index contributed by atoms with van der Waals surface area (Å²) in [4.78, 5) is 14.4. The van der Waals surface area contributed by atoms with E-state index in [2.05, 4.69) is 17.0 Å². The van der Waals surface area contributed by atoms with E-state index < -0.39 is 0 Å². The number of piperidine rings is 3. The van der Waals surface area contributed by atoms with E-state index in [0.29, 0.717) is 12.3 Å². The Morgan fingerprint density at radius 3 is 2.25 bits per heavy atom. The van der Waals surface area contributed by atoms with Crippen molar-refractivity contribution in [2.45, 2.75) is 18.3 Å². The third-order valence-electron chi connectivity index (χ3n) is 3.94. The summed E-state index contributed by atoms with van der Waals surface area (Å²) in [6, 6.07) is 10.3. The number of nitrogens with zero attached hydrogens (tertiary/aromatic N) is 1. The second-order valence-corrected chi connectivity index (χ2v) is 4.65. The molecule has 3 aliphatic rings. The minimum Gasteiger partial charge on any atom is -0.297 e. The lowest BCUT2D eigenvalue weighted by molar-refractivity contribution is -0.133. The van der Waals surface area contributed by atoms with Crippen LogP contribution in [0.4, 0.5) is 0 Å². The van der Waals surface area contributed by atoms with Gasteiger partial charge in [0, 0.05) is 0 Å². The quantitative estimate of drug-likeness (QED) is 0.787. The fourth-order valence-electron chi connectivity index (χ4n) is 2.93. The van der Waals surface area contributed by atoms with Gasteiger partial charge in [-0.3, -0.25) is 9.69 Å². The minimum absolute atomic E-state index is 0. The molecule has 0 aliphatic carbocycles. The smallest absolute Gasteiger partial charge is 0.157 e. The largest absolute Gasteiger partial charge is 0.297 e. The Morgan fingerprint density at radius 2 is 1.69 bits per heavy atom. The van der Waals surface area contributed by atoms with E-state index in [1.54, 1.807) is 0 Å². The van der Waals surface area contributed by atoms with Crippen LogP contribution < -0.4 is 0 Å². The highest BCUT2D eigenvalue weighted by Crippen LogP contribution is 2.40. The Balaban J connectivity index is 0.000000963. The van der Waals surface area contributed by atoms with Crippen molar-refractivity contribution in [2.24, 2.45) is 0 Å². The van der Waals surface area contributed by atoms with Gasteiger partial charge in [-0.2, -0.15) is 0 Å². The van der Waals surface area contributed by atoms with Crippen LogP contribution in [0, 0.1) is 0 Å². The predicted molar refractivity (Wildman–Crippen MR) is 69.1 cm³/mol.